The Labute approximate surface area is 273 Å². The van der Waals surface area contributed by atoms with E-state index in [1.807, 2.05) is 27.7 Å². The van der Waals surface area contributed by atoms with Gasteiger partial charge in [-0.25, -0.2) is 19.4 Å². The normalized spacial score (nSPS) is 17.7. The fraction of sp³-hybridized carbons (Fsp3) is 0.500. The molecule has 2 fully saturated rings. The maximum Gasteiger partial charge on any atom is 0.417 e. The molecule has 2 aliphatic rings. The Morgan fingerprint density at radius 3 is 1.81 bits per heavy atom. The summed E-state index contributed by atoms with van der Waals surface area (Å²) in [5, 5.41) is 3.58. The zero-order valence-corrected chi connectivity index (χ0v) is 27.8. The van der Waals surface area contributed by atoms with Gasteiger partial charge in [-0.05, 0) is 52.8 Å². The Morgan fingerprint density at radius 1 is 0.809 bits per heavy atom. The number of hydrogen-bond acceptors (Lipinski definition) is 11. The third-order valence-corrected chi connectivity index (χ3v) is 7.78. The molecule has 0 aliphatic carbocycles. The van der Waals surface area contributed by atoms with Gasteiger partial charge in [0.2, 0.25) is 11.8 Å². The van der Waals surface area contributed by atoms with Gasteiger partial charge in [0.25, 0.3) is 0 Å². The molecule has 15 nitrogen and oxygen atoms in total. The lowest BCUT2D eigenvalue weighted by Crippen LogP contribution is -2.43. The Morgan fingerprint density at radius 2 is 1.30 bits per heavy atom. The van der Waals surface area contributed by atoms with Gasteiger partial charge in [0.05, 0.1) is 46.9 Å². The lowest BCUT2D eigenvalue weighted by atomic mass is 10.0. The van der Waals surface area contributed by atoms with Crippen molar-refractivity contribution in [1.29, 1.82) is 0 Å². The first-order valence-electron chi connectivity index (χ1n) is 14.9. The summed E-state index contributed by atoms with van der Waals surface area (Å²) >= 11 is 0. The maximum atomic E-state index is 12.9. The molecule has 2 heterocycles. The summed E-state index contributed by atoms with van der Waals surface area (Å²) in [5.41, 5.74) is 10.0. The number of methoxy groups -OCH3 is 4. The molecule has 254 valence electrons. The molecule has 4 rings (SSSR count). The van der Waals surface area contributed by atoms with Crippen LogP contribution in [-0.4, -0.2) is 87.5 Å². The SMILES string of the molecule is COc1ccc(CC(=O)N2C(=O)OC[C@@H]2C(C)C)cc1OC.COc1ccc([C@H](N=[N+]=[N-])C(=O)N2C(=O)OC[C@@H]2C(C)C)cc1OC. The summed E-state index contributed by atoms with van der Waals surface area (Å²) in [4.78, 5) is 54.1. The highest BCUT2D eigenvalue weighted by Gasteiger charge is 2.42. The molecule has 2 saturated heterocycles. The molecule has 0 saturated carbocycles. The van der Waals surface area contributed by atoms with Gasteiger partial charge in [-0.2, -0.15) is 0 Å². The molecule has 0 aromatic heterocycles. The number of nitrogens with zero attached hydrogens (tertiary/aromatic N) is 5. The number of hydrogen-bond donors (Lipinski definition) is 0. The van der Waals surface area contributed by atoms with Gasteiger partial charge in [-0.1, -0.05) is 44.9 Å². The van der Waals surface area contributed by atoms with Gasteiger partial charge in [0.15, 0.2) is 23.0 Å². The van der Waals surface area contributed by atoms with Gasteiger partial charge in [-0.15, -0.1) is 0 Å². The van der Waals surface area contributed by atoms with Gasteiger partial charge in [-0.3, -0.25) is 9.59 Å². The first-order valence-corrected chi connectivity index (χ1v) is 14.9. The summed E-state index contributed by atoms with van der Waals surface area (Å²) in [6.07, 6.45) is -1.19. The summed E-state index contributed by atoms with van der Waals surface area (Å²) in [6, 6.07) is 8.17. The van der Waals surface area contributed by atoms with E-state index >= 15 is 0 Å². The van der Waals surface area contributed by atoms with Crippen LogP contribution in [0.5, 0.6) is 23.0 Å². The van der Waals surface area contributed by atoms with Gasteiger partial charge in [0, 0.05) is 4.91 Å². The van der Waals surface area contributed by atoms with E-state index in [-0.39, 0.29) is 43.4 Å². The van der Waals surface area contributed by atoms with Gasteiger partial charge in [0.1, 0.15) is 19.3 Å². The molecule has 0 unspecified atom stereocenters. The molecular weight excluding hydrogens is 614 g/mol. The number of rotatable bonds is 11. The Kier molecular flexibility index (Phi) is 12.7. The molecule has 3 atom stereocenters. The molecule has 0 N–H and O–H groups in total. The molecule has 0 spiro atoms. The van der Waals surface area contributed by atoms with Crippen molar-refractivity contribution in [1.82, 2.24) is 9.80 Å². The second-order valence-electron chi connectivity index (χ2n) is 11.3. The monoisotopic (exact) mass is 655 g/mol. The predicted octanol–water partition coefficient (Wildman–Crippen LogP) is 5.31. The van der Waals surface area contributed by atoms with E-state index in [0.29, 0.717) is 28.6 Å². The van der Waals surface area contributed by atoms with E-state index in [9.17, 15) is 19.2 Å². The van der Waals surface area contributed by atoms with Crippen LogP contribution < -0.4 is 18.9 Å². The van der Waals surface area contributed by atoms with Crippen molar-refractivity contribution in [3.05, 3.63) is 58.0 Å². The number of azide groups is 1. The van der Waals surface area contributed by atoms with Crippen molar-refractivity contribution < 1.29 is 47.6 Å². The maximum absolute atomic E-state index is 12.9. The molecule has 47 heavy (non-hydrogen) atoms. The minimum Gasteiger partial charge on any atom is -0.493 e. The average Bonchev–Trinajstić information content (AvgIpc) is 3.65. The van der Waals surface area contributed by atoms with Crippen LogP contribution in [0.15, 0.2) is 41.5 Å². The van der Waals surface area contributed by atoms with Crippen LogP contribution in [-0.2, 0) is 25.5 Å². The summed E-state index contributed by atoms with van der Waals surface area (Å²) in [6.45, 7) is 8.07. The number of cyclic esters (lactones) is 2. The molecule has 0 bridgehead atoms. The fourth-order valence-electron chi connectivity index (χ4n) is 5.11. The summed E-state index contributed by atoms with van der Waals surface area (Å²) in [7, 11) is 6.03. The van der Waals surface area contributed by atoms with Crippen molar-refractivity contribution in [2.45, 2.75) is 52.2 Å². The standard InChI is InChI=1S/C16H20N4O5.C16H21NO5/c1-9(2)11-8-25-16(22)20(11)15(21)14(18-19-17)10-5-6-12(23-3)13(7-10)24-4;1-10(2)12-9-22-16(19)17(12)15(18)8-11-5-6-13(20-3)14(7-11)21-4/h5-7,9,11,14H,8H2,1-4H3;5-7,10,12H,8-9H2,1-4H3/t11-,14+;12-/m11/s1. The van der Waals surface area contributed by atoms with Crippen molar-refractivity contribution in [2.24, 2.45) is 17.0 Å². The molecule has 2 aromatic rings. The first kappa shape index (κ1) is 36.3. The number of carbonyl (C=O) groups is 4. The highest BCUT2D eigenvalue weighted by Crippen LogP contribution is 2.34. The van der Waals surface area contributed by atoms with E-state index < -0.39 is 30.2 Å². The van der Waals surface area contributed by atoms with Crippen molar-refractivity contribution in [2.75, 3.05) is 41.7 Å². The second kappa shape index (κ2) is 16.4. The van der Waals surface area contributed by atoms with Gasteiger partial charge < -0.3 is 28.4 Å². The van der Waals surface area contributed by atoms with Crippen molar-refractivity contribution >= 4 is 24.0 Å². The molecular formula is C32H41N5O10. The Balaban J connectivity index is 0.000000257. The third-order valence-electron chi connectivity index (χ3n) is 7.78. The summed E-state index contributed by atoms with van der Waals surface area (Å²) < 4.78 is 30.8. The smallest absolute Gasteiger partial charge is 0.417 e. The molecule has 15 heteroatoms. The van der Waals surface area contributed by atoms with Gasteiger partial charge >= 0.3 is 12.2 Å². The number of imide groups is 2. The van der Waals surface area contributed by atoms with E-state index in [1.165, 1.54) is 26.2 Å². The van der Waals surface area contributed by atoms with E-state index in [1.54, 1.807) is 43.5 Å². The molecule has 0 radical (unpaired) electrons. The lowest BCUT2D eigenvalue weighted by molar-refractivity contribution is -0.131. The minimum atomic E-state index is -1.21. The quantitative estimate of drug-likeness (QED) is 0.175. The number of carbonyl (C=O) groups excluding carboxylic acids is 4. The molecule has 2 aromatic carbocycles. The zero-order valence-electron chi connectivity index (χ0n) is 27.8. The largest absolute Gasteiger partial charge is 0.493 e. The Bertz CT molecular complexity index is 1510. The topological polar surface area (TPSA) is 179 Å². The zero-order chi connectivity index (χ0) is 34.8. The van der Waals surface area contributed by atoms with Crippen LogP contribution in [0, 0.1) is 11.8 Å². The fourth-order valence-corrected chi connectivity index (χ4v) is 5.11. The highest BCUT2D eigenvalue weighted by atomic mass is 16.6. The van der Waals surface area contributed by atoms with Crippen LogP contribution in [0.2, 0.25) is 0 Å². The molecule has 4 amide bonds. The van der Waals surface area contributed by atoms with Crippen LogP contribution >= 0.6 is 0 Å². The minimum absolute atomic E-state index is 0.00696. The van der Waals surface area contributed by atoms with Crippen LogP contribution in [0.3, 0.4) is 0 Å². The van der Waals surface area contributed by atoms with Crippen molar-refractivity contribution in [3.63, 3.8) is 0 Å². The van der Waals surface area contributed by atoms with E-state index in [4.69, 9.17) is 34.0 Å². The van der Waals surface area contributed by atoms with Crippen LogP contribution in [0.4, 0.5) is 9.59 Å². The molecule has 2 aliphatic heterocycles. The number of amides is 4. The number of benzene rings is 2. The van der Waals surface area contributed by atoms with E-state index in [2.05, 4.69) is 10.0 Å². The van der Waals surface area contributed by atoms with Crippen LogP contribution in [0.25, 0.3) is 10.4 Å². The highest BCUT2D eigenvalue weighted by molar-refractivity contribution is 5.97. The van der Waals surface area contributed by atoms with Crippen molar-refractivity contribution in [3.8, 4) is 23.0 Å². The lowest BCUT2D eigenvalue weighted by Gasteiger charge is -2.25. The van der Waals surface area contributed by atoms with E-state index in [0.717, 1.165) is 10.5 Å². The second-order valence-corrected chi connectivity index (χ2v) is 11.3. The van der Waals surface area contributed by atoms with Crippen LogP contribution in [0.1, 0.15) is 44.9 Å². The predicted molar refractivity (Wildman–Crippen MR) is 168 cm³/mol. The summed E-state index contributed by atoms with van der Waals surface area (Å²) in [5.74, 6) is 1.26. The average molecular weight is 656 g/mol. The Hall–Kier alpha value is -5.17. The first-order chi connectivity index (χ1) is 22.4. The number of ether oxygens (including phenoxy) is 6. The third kappa shape index (κ3) is 8.36.